The Bertz CT molecular complexity index is 1090. The molecule has 6 nitrogen and oxygen atoms in total. The van der Waals surface area contributed by atoms with Gasteiger partial charge in [0.05, 0.1) is 11.6 Å². The number of nitrogens with zero attached hydrogens (tertiary/aromatic N) is 2. The molecule has 3 amide bonds. The summed E-state index contributed by atoms with van der Waals surface area (Å²) >= 11 is 0. The lowest BCUT2D eigenvalue weighted by molar-refractivity contribution is -0.134. The first-order valence-corrected chi connectivity index (χ1v) is 12.2. The van der Waals surface area contributed by atoms with Crippen LogP contribution in [0.15, 0.2) is 48.5 Å². The van der Waals surface area contributed by atoms with E-state index in [0.29, 0.717) is 17.7 Å². The Kier molecular flexibility index (Phi) is 6.11. The molecule has 0 aromatic heterocycles. The molecule has 1 unspecified atom stereocenters. The monoisotopic (exact) mass is 463 g/mol. The SMILES string of the molecule is O=C1CCC(c2ccc(N3CCC4(CCN(C(=O)c5ccccc5)CC4)CC3)c(F)c2)C(=O)N1. The summed E-state index contributed by atoms with van der Waals surface area (Å²) in [6.07, 6.45) is 4.62. The molecule has 34 heavy (non-hydrogen) atoms. The van der Waals surface area contributed by atoms with Gasteiger partial charge < -0.3 is 9.80 Å². The van der Waals surface area contributed by atoms with Crippen LogP contribution in [0.1, 0.15) is 60.4 Å². The average molecular weight is 464 g/mol. The lowest BCUT2D eigenvalue weighted by atomic mass is 9.71. The van der Waals surface area contributed by atoms with Gasteiger partial charge in [-0.3, -0.25) is 19.7 Å². The quantitative estimate of drug-likeness (QED) is 0.702. The third-order valence-corrected chi connectivity index (χ3v) is 7.91. The van der Waals surface area contributed by atoms with Gasteiger partial charge in [-0.1, -0.05) is 24.3 Å². The molecule has 2 aromatic carbocycles. The van der Waals surface area contributed by atoms with Crippen LogP contribution in [0.4, 0.5) is 10.1 Å². The molecule has 0 bridgehead atoms. The molecule has 0 aliphatic carbocycles. The van der Waals surface area contributed by atoms with Crippen molar-refractivity contribution in [3.63, 3.8) is 0 Å². The highest BCUT2D eigenvalue weighted by Gasteiger charge is 2.39. The van der Waals surface area contributed by atoms with Crippen LogP contribution < -0.4 is 10.2 Å². The fourth-order valence-electron chi connectivity index (χ4n) is 5.68. The molecule has 178 valence electrons. The third-order valence-electron chi connectivity index (χ3n) is 7.91. The molecule has 5 rings (SSSR count). The maximum absolute atomic E-state index is 15.0. The highest BCUT2D eigenvalue weighted by atomic mass is 19.1. The van der Waals surface area contributed by atoms with Crippen LogP contribution in [0, 0.1) is 11.2 Å². The van der Waals surface area contributed by atoms with Crippen molar-refractivity contribution in [1.82, 2.24) is 10.2 Å². The van der Waals surface area contributed by atoms with Gasteiger partial charge in [0.15, 0.2) is 0 Å². The molecule has 3 fully saturated rings. The van der Waals surface area contributed by atoms with Crippen LogP contribution in [0.3, 0.4) is 0 Å². The minimum absolute atomic E-state index is 0.103. The summed E-state index contributed by atoms with van der Waals surface area (Å²) in [7, 11) is 0. The van der Waals surface area contributed by atoms with Gasteiger partial charge in [0.25, 0.3) is 5.91 Å². The molecule has 3 aliphatic heterocycles. The van der Waals surface area contributed by atoms with Crippen LogP contribution in [0.5, 0.6) is 0 Å². The average Bonchev–Trinajstić information content (AvgIpc) is 2.85. The summed E-state index contributed by atoms with van der Waals surface area (Å²) in [5, 5.41) is 2.34. The highest BCUT2D eigenvalue weighted by Crippen LogP contribution is 2.43. The van der Waals surface area contributed by atoms with E-state index in [1.165, 1.54) is 6.07 Å². The van der Waals surface area contributed by atoms with Crippen molar-refractivity contribution in [2.75, 3.05) is 31.1 Å². The smallest absolute Gasteiger partial charge is 0.253 e. The number of carbonyl (C=O) groups excluding carboxylic acids is 3. The molecule has 7 heteroatoms. The number of halogens is 1. The second-order valence-corrected chi connectivity index (χ2v) is 9.86. The number of likely N-dealkylation sites (tertiary alicyclic amines) is 1. The molecule has 2 aromatic rings. The molecule has 1 N–H and O–H groups in total. The zero-order valence-corrected chi connectivity index (χ0v) is 19.3. The molecule has 0 radical (unpaired) electrons. The van der Waals surface area contributed by atoms with E-state index in [1.54, 1.807) is 6.07 Å². The molecular formula is C27H30FN3O3. The van der Waals surface area contributed by atoms with Crippen LogP contribution in [0.25, 0.3) is 0 Å². The molecule has 3 aliphatic rings. The number of carbonyl (C=O) groups is 3. The maximum Gasteiger partial charge on any atom is 0.253 e. The van der Waals surface area contributed by atoms with Gasteiger partial charge in [0, 0.05) is 38.2 Å². The van der Waals surface area contributed by atoms with Crippen molar-refractivity contribution in [3.05, 3.63) is 65.5 Å². The van der Waals surface area contributed by atoms with Gasteiger partial charge in [0.2, 0.25) is 11.8 Å². The second-order valence-electron chi connectivity index (χ2n) is 9.86. The zero-order chi connectivity index (χ0) is 23.7. The van der Waals surface area contributed by atoms with E-state index in [1.807, 2.05) is 41.3 Å². The number of imide groups is 1. The first kappa shape index (κ1) is 22.6. The standard InChI is InChI=1S/C27H30FN3O3/c28-22-18-20(21-7-9-24(32)29-25(21)33)6-8-23(22)30-14-10-27(11-15-30)12-16-31(17-13-27)26(34)19-4-2-1-3-5-19/h1-6,8,18,21H,7,9-17H2,(H,29,32,33). The molecule has 3 heterocycles. The van der Waals surface area contributed by atoms with Crippen LogP contribution in [0.2, 0.25) is 0 Å². The second kappa shape index (κ2) is 9.20. The van der Waals surface area contributed by atoms with Gasteiger partial charge in [-0.25, -0.2) is 4.39 Å². The number of piperidine rings is 3. The van der Waals surface area contributed by atoms with Crippen LogP contribution in [-0.2, 0) is 9.59 Å². The van der Waals surface area contributed by atoms with Crippen molar-refractivity contribution >= 4 is 23.4 Å². The summed E-state index contributed by atoms with van der Waals surface area (Å²) in [6.45, 7) is 3.09. The maximum atomic E-state index is 15.0. The van der Waals surface area contributed by atoms with E-state index in [-0.39, 0.29) is 35.4 Å². The largest absolute Gasteiger partial charge is 0.369 e. The van der Waals surface area contributed by atoms with E-state index in [4.69, 9.17) is 0 Å². The summed E-state index contributed by atoms with van der Waals surface area (Å²) in [5.74, 6) is -1.31. The van der Waals surface area contributed by atoms with E-state index in [9.17, 15) is 14.4 Å². The van der Waals surface area contributed by atoms with Crippen LogP contribution in [-0.4, -0.2) is 48.8 Å². The Morgan fingerprint density at radius 1 is 0.941 bits per heavy atom. The summed E-state index contributed by atoms with van der Waals surface area (Å²) in [6, 6.07) is 14.5. The number of hydrogen-bond donors (Lipinski definition) is 1. The fourth-order valence-corrected chi connectivity index (χ4v) is 5.68. The van der Waals surface area contributed by atoms with Gasteiger partial charge in [-0.15, -0.1) is 0 Å². The highest BCUT2D eigenvalue weighted by molar-refractivity contribution is 6.01. The number of nitrogens with one attached hydrogen (secondary N) is 1. The first-order valence-electron chi connectivity index (χ1n) is 12.2. The minimum atomic E-state index is -0.477. The fraction of sp³-hybridized carbons (Fsp3) is 0.444. The Balaban J connectivity index is 1.18. The van der Waals surface area contributed by atoms with Crippen molar-refractivity contribution in [2.24, 2.45) is 5.41 Å². The van der Waals surface area contributed by atoms with E-state index in [0.717, 1.165) is 57.4 Å². The molecule has 1 spiro atoms. The topological polar surface area (TPSA) is 69.7 Å². The Hall–Kier alpha value is -3.22. The normalized spacial score (nSPS) is 22.6. The number of anilines is 1. The predicted molar refractivity (Wildman–Crippen MR) is 127 cm³/mol. The first-order chi connectivity index (χ1) is 16.4. The van der Waals surface area contributed by atoms with Gasteiger partial charge in [-0.05, 0) is 67.3 Å². The summed E-state index contributed by atoms with van der Waals surface area (Å²) in [4.78, 5) is 40.3. The number of rotatable bonds is 3. The Morgan fingerprint density at radius 2 is 1.62 bits per heavy atom. The number of benzene rings is 2. The number of hydrogen-bond acceptors (Lipinski definition) is 4. The Labute approximate surface area is 199 Å². The third kappa shape index (κ3) is 4.43. The van der Waals surface area contributed by atoms with E-state index >= 15 is 4.39 Å². The molecule has 0 saturated carbocycles. The molecule has 1 atom stereocenters. The van der Waals surface area contributed by atoms with Gasteiger partial charge >= 0.3 is 0 Å². The minimum Gasteiger partial charge on any atom is -0.369 e. The van der Waals surface area contributed by atoms with Crippen molar-refractivity contribution < 1.29 is 18.8 Å². The Morgan fingerprint density at radius 3 is 2.26 bits per heavy atom. The summed E-state index contributed by atoms with van der Waals surface area (Å²) < 4.78 is 15.0. The summed E-state index contributed by atoms with van der Waals surface area (Å²) in [5.41, 5.74) is 2.15. The molecular weight excluding hydrogens is 433 g/mol. The van der Waals surface area contributed by atoms with E-state index in [2.05, 4.69) is 10.2 Å². The number of amides is 3. The van der Waals surface area contributed by atoms with Gasteiger partial charge in [-0.2, -0.15) is 0 Å². The zero-order valence-electron chi connectivity index (χ0n) is 19.3. The predicted octanol–water partition coefficient (Wildman–Crippen LogP) is 3.87. The van der Waals surface area contributed by atoms with E-state index < -0.39 is 5.92 Å². The molecule has 3 saturated heterocycles. The lowest BCUT2D eigenvalue weighted by Crippen LogP contribution is -2.48. The van der Waals surface area contributed by atoms with Crippen molar-refractivity contribution in [1.29, 1.82) is 0 Å². The van der Waals surface area contributed by atoms with Gasteiger partial charge in [0.1, 0.15) is 5.82 Å². The van der Waals surface area contributed by atoms with Crippen molar-refractivity contribution in [3.8, 4) is 0 Å². The van der Waals surface area contributed by atoms with Crippen molar-refractivity contribution in [2.45, 2.75) is 44.4 Å². The lowest BCUT2D eigenvalue weighted by Gasteiger charge is -2.47. The van der Waals surface area contributed by atoms with Crippen LogP contribution >= 0.6 is 0 Å².